The SMILES string of the molecule is CCCCCCCCCCCNC(=O)[C@@H]1CCCN1C(=O)/C(C)=C/[C@H](C(C)C)N(C)C(=O)[C@@H](NC(=O)C1CCCCN1C(C)C)C(C)(C)C. The lowest BCUT2D eigenvalue weighted by Gasteiger charge is -2.41. The number of likely N-dealkylation sites (tertiary alicyclic amines) is 2. The summed E-state index contributed by atoms with van der Waals surface area (Å²) in [5, 5.41) is 6.24. The van der Waals surface area contributed by atoms with Crippen LogP contribution in [0.25, 0.3) is 0 Å². The molecule has 0 aromatic heterocycles. The molecule has 0 aliphatic carbocycles. The highest BCUT2D eigenvalue weighted by Gasteiger charge is 2.40. The van der Waals surface area contributed by atoms with E-state index in [0.29, 0.717) is 25.1 Å². The molecule has 4 amide bonds. The van der Waals surface area contributed by atoms with Gasteiger partial charge in [-0.05, 0) is 70.8 Å². The standard InChI is InChI=1S/C40H73N5O4/c1-11-12-13-14-15-16-17-18-20-25-41-36(46)32-24-22-27-45(32)38(48)31(6)28-34(29(2)3)43(10)39(49)35(40(7,8)9)42-37(47)33-23-19-21-26-44(33)30(4)5/h28-30,32-35H,11-27H2,1-10H3,(H,41,46)(H,42,47)/b31-28+/t32-,33?,34+,35+/m0/s1. The van der Waals surface area contributed by atoms with Crippen LogP contribution in [0.15, 0.2) is 11.6 Å². The maximum absolute atomic E-state index is 14.2. The highest BCUT2D eigenvalue weighted by Crippen LogP contribution is 2.27. The van der Waals surface area contributed by atoms with Crippen molar-refractivity contribution in [1.82, 2.24) is 25.3 Å². The van der Waals surface area contributed by atoms with Crippen LogP contribution in [0.5, 0.6) is 0 Å². The first-order valence-electron chi connectivity index (χ1n) is 19.7. The average Bonchev–Trinajstić information content (AvgIpc) is 3.55. The van der Waals surface area contributed by atoms with Gasteiger partial charge in [-0.15, -0.1) is 0 Å². The number of piperidine rings is 1. The third-order valence-electron chi connectivity index (χ3n) is 10.5. The normalized spacial score (nSPS) is 20.4. The van der Waals surface area contributed by atoms with Crippen molar-refractivity contribution in [2.24, 2.45) is 11.3 Å². The van der Waals surface area contributed by atoms with Gasteiger partial charge in [-0.3, -0.25) is 24.1 Å². The second kappa shape index (κ2) is 21.1. The molecule has 0 aromatic carbocycles. The van der Waals surface area contributed by atoms with E-state index in [2.05, 4.69) is 36.3 Å². The first-order chi connectivity index (χ1) is 23.1. The van der Waals surface area contributed by atoms with Crippen molar-refractivity contribution in [2.75, 3.05) is 26.7 Å². The number of likely N-dealkylation sites (N-methyl/N-ethyl adjacent to an activating group) is 1. The average molecular weight is 688 g/mol. The molecule has 2 aliphatic rings. The van der Waals surface area contributed by atoms with E-state index >= 15 is 0 Å². The molecule has 2 fully saturated rings. The molecule has 2 saturated heterocycles. The summed E-state index contributed by atoms with van der Waals surface area (Å²) in [7, 11) is 1.77. The summed E-state index contributed by atoms with van der Waals surface area (Å²) >= 11 is 0. The van der Waals surface area contributed by atoms with E-state index in [0.717, 1.165) is 45.1 Å². The summed E-state index contributed by atoms with van der Waals surface area (Å²) in [6, 6.07) is -1.53. The fraction of sp³-hybridized carbons (Fsp3) is 0.850. The summed E-state index contributed by atoms with van der Waals surface area (Å²) in [5.41, 5.74) is 0.0156. The topological polar surface area (TPSA) is 102 Å². The molecule has 0 bridgehead atoms. The molecule has 2 aliphatic heterocycles. The molecule has 9 nitrogen and oxygen atoms in total. The van der Waals surface area contributed by atoms with Crippen LogP contribution in [-0.4, -0.2) is 95.2 Å². The largest absolute Gasteiger partial charge is 0.354 e. The van der Waals surface area contributed by atoms with E-state index < -0.39 is 17.5 Å². The Balaban J connectivity index is 2.04. The molecule has 49 heavy (non-hydrogen) atoms. The molecule has 282 valence electrons. The van der Waals surface area contributed by atoms with Crippen LogP contribution >= 0.6 is 0 Å². The number of unbranched alkanes of at least 4 members (excludes halogenated alkanes) is 8. The van der Waals surface area contributed by atoms with E-state index in [4.69, 9.17) is 0 Å². The van der Waals surface area contributed by atoms with Gasteiger partial charge in [0.15, 0.2) is 0 Å². The van der Waals surface area contributed by atoms with Gasteiger partial charge in [0.05, 0.1) is 12.1 Å². The fourth-order valence-corrected chi connectivity index (χ4v) is 7.44. The molecule has 2 rings (SSSR count). The summed E-state index contributed by atoms with van der Waals surface area (Å²) in [6.07, 6.45) is 17.3. The summed E-state index contributed by atoms with van der Waals surface area (Å²) in [4.78, 5) is 60.4. The van der Waals surface area contributed by atoms with Gasteiger partial charge in [-0.25, -0.2) is 0 Å². The highest BCUT2D eigenvalue weighted by atomic mass is 16.2. The van der Waals surface area contributed by atoms with Crippen LogP contribution in [0.2, 0.25) is 0 Å². The lowest BCUT2D eigenvalue weighted by Crippen LogP contribution is -2.60. The Kier molecular flexibility index (Phi) is 18.4. The van der Waals surface area contributed by atoms with Gasteiger partial charge >= 0.3 is 0 Å². The Morgan fingerprint density at radius 3 is 1.98 bits per heavy atom. The van der Waals surface area contributed by atoms with E-state index in [1.165, 1.54) is 44.9 Å². The number of rotatable bonds is 19. The molecule has 1 unspecified atom stereocenters. The molecular weight excluding hydrogens is 614 g/mol. The zero-order valence-corrected chi connectivity index (χ0v) is 33.0. The molecular formula is C40H73N5O4. The van der Waals surface area contributed by atoms with Crippen LogP contribution < -0.4 is 10.6 Å². The molecule has 0 spiro atoms. The number of hydrogen-bond acceptors (Lipinski definition) is 5. The van der Waals surface area contributed by atoms with Crippen molar-refractivity contribution < 1.29 is 19.2 Å². The molecule has 0 radical (unpaired) electrons. The zero-order chi connectivity index (χ0) is 36.7. The molecule has 0 saturated carbocycles. The molecule has 4 atom stereocenters. The van der Waals surface area contributed by atoms with Gasteiger partial charge < -0.3 is 20.4 Å². The maximum atomic E-state index is 14.2. The van der Waals surface area contributed by atoms with Gasteiger partial charge in [-0.1, -0.05) is 105 Å². The molecule has 0 aromatic rings. The van der Waals surface area contributed by atoms with Gasteiger partial charge in [0.1, 0.15) is 12.1 Å². The van der Waals surface area contributed by atoms with Crippen molar-refractivity contribution >= 4 is 23.6 Å². The van der Waals surface area contributed by atoms with E-state index in [9.17, 15) is 19.2 Å². The smallest absolute Gasteiger partial charge is 0.249 e. The Morgan fingerprint density at radius 2 is 1.41 bits per heavy atom. The Morgan fingerprint density at radius 1 is 0.816 bits per heavy atom. The summed E-state index contributed by atoms with van der Waals surface area (Å²) in [5.74, 6) is -0.452. The number of carbonyl (C=O) groups excluding carboxylic acids is 4. The minimum Gasteiger partial charge on any atom is -0.354 e. The third kappa shape index (κ3) is 13.3. The second-order valence-corrected chi connectivity index (χ2v) is 16.5. The Bertz CT molecular complexity index is 1080. The van der Waals surface area contributed by atoms with E-state index in [-0.39, 0.29) is 47.7 Å². The zero-order valence-electron chi connectivity index (χ0n) is 33.0. The number of nitrogens with zero attached hydrogens (tertiary/aromatic N) is 3. The predicted molar refractivity (Wildman–Crippen MR) is 201 cm³/mol. The Hall–Kier alpha value is -2.42. The number of nitrogens with one attached hydrogen (secondary N) is 2. The summed E-state index contributed by atoms with van der Waals surface area (Å²) in [6.45, 7) is 20.4. The van der Waals surface area contributed by atoms with Gasteiger partial charge in [0.2, 0.25) is 23.6 Å². The van der Waals surface area contributed by atoms with Gasteiger partial charge in [-0.2, -0.15) is 0 Å². The first-order valence-corrected chi connectivity index (χ1v) is 19.7. The van der Waals surface area contributed by atoms with Crippen molar-refractivity contribution in [3.63, 3.8) is 0 Å². The number of amides is 4. The quantitative estimate of drug-likeness (QED) is 0.114. The van der Waals surface area contributed by atoms with E-state index in [1.54, 1.807) is 23.8 Å². The maximum Gasteiger partial charge on any atom is 0.249 e. The number of carbonyl (C=O) groups is 4. The van der Waals surface area contributed by atoms with Crippen molar-refractivity contribution in [3.05, 3.63) is 11.6 Å². The molecule has 2 heterocycles. The van der Waals surface area contributed by atoms with Crippen molar-refractivity contribution in [2.45, 2.75) is 182 Å². The van der Waals surface area contributed by atoms with Crippen molar-refractivity contribution in [1.29, 1.82) is 0 Å². The molecule has 9 heteroatoms. The fourth-order valence-electron chi connectivity index (χ4n) is 7.44. The minimum absolute atomic E-state index is 0.0248. The molecule has 2 N–H and O–H groups in total. The minimum atomic E-state index is -0.718. The Labute approximate surface area is 299 Å². The summed E-state index contributed by atoms with van der Waals surface area (Å²) < 4.78 is 0. The van der Waals surface area contributed by atoms with Crippen LogP contribution in [0.4, 0.5) is 0 Å². The van der Waals surface area contributed by atoms with Crippen LogP contribution in [0.3, 0.4) is 0 Å². The van der Waals surface area contributed by atoms with E-state index in [1.807, 2.05) is 40.7 Å². The lowest BCUT2D eigenvalue weighted by molar-refractivity contribution is -0.142. The van der Waals surface area contributed by atoms with Gasteiger partial charge in [0, 0.05) is 31.8 Å². The van der Waals surface area contributed by atoms with Crippen LogP contribution in [-0.2, 0) is 19.2 Å². The van der Waals surface area contributed by atoms with Crippen molar-refractivity contribution in [3.8, 4) is 0 Å². The van der Waals surface area contributed by atoms with Gasteiger partial charge in [0.25, 0.3) is 0 Å². The monoisotopic (exact) mass is 688 g/mol. The second-order valence-electron chi connectivity index (χ2n) is 16.5. The number of hydrogen-bond donors (Lipinski definition) is 2. The third-order valence-corrected chi connectivity index (χ3v) is 10.5. The first kappa shape index (κ1) is 42.7. The predicted octanol–water partition coefficient (Wildman–Crippen LogP) is 6.85. The van der Waals surface area contributed by atoms with Crippen LogP contribution in [0.1, 0.15) is 152 Å². The van der Waals surface area contributed by atoms with Crippen LogP contribution in [0, 0.1) is 11.3 Å². The lowest BCUT2D eigenvalue weighted by atomic mass is 9.84. The highest BCUT2D eigenvalue weighted by molar-refractivity contribution is 5.97.